The molecule has 7 atom stereocenters. The second kappa shape index (κ2) is 5.49. The van der Waals surface area contributed by atoms with E-state index in [9.17, 15) is 4.39 Å². The molecule has 4 aliphatic carbocycles. The number of alkyl halides is 1. The standard InChI is InChI=1S/C21H33FO/c1-20-11-9-15(23-3)13-14(20)7-8-16-17-5-4-6-19(22)21(17,2)12-10-18(16)20/h9,14,16-19H,4-8,10-13H2,1-3H3. The van der Waals surface area contributed by atoms with Gasteiger partial charge < -0.3 is 4.74 Å². The fourth-order valence-corrected chi connectivity index (χ4v) is 7.14. The van der Waals surface area contributed by atoms with Gasteiger partial charge in [0.05, 0.1) is 12.9 Å². The van der Waals surface area contributed by atoms with Gasteiger partial charge in [0.1, 0.15) is 6.17 Å². The zero-order valence-corrected chi connectivity index (χ0v) is 15.1. The van der Waals surface area contributed by atoms with Crippen LogP contribution in [0.4, 0.5) is 4.39 Å². The van der Waals surface area contributed by atoms with Gasteiger partial charge in [-0.05, 0) is 80.1 Å². The summed E-state index contributed by atoms with van der Waals surface area (Å²) < 4.78 is 20.3. The number of hydrogen-bond acceptors (Lipinski definition) is 1. The summed E-state index contributed by atoms with van der Waals surface area (Å²) in [5.41, 5.74) is 0.403. The van der Waals surface area contributed by atoms with E-state index in [1.807, 2.05) is 7.11 Å². The Hall–Kier alpha value is -0.530. The molecule has 7 unspecified atom stereocenters. The van der Waals surface area contributed by atoms with Gasteiger partial charge in [-0.2, -0.15) is 0 Å². The molecule has 1 nitrogen and oxygen atoms in total. The summed E-state index contributed by atoms with van der Waals surface area (Å²) in [4.78, 5) is 0. The van der Waals surface area contributed by atoms with E-state index in [1.165, 1.54) is 37.9 Å². The second-order valence-electron chi connectivity index (χ2n) is 9.38. The number of fused-ring (bicyclic) bond motifs is 5. The Morgan fingerprint density at radius 1 is 1.04 bits per heavy atom. The molecule has 0 aliphatic heterocycles. The average Bonchev–Trinajstić information content (AvgIpc) is 2.55. The van der Waals surface area contributed by atoms with Crippen molar-refractivity contribution >= 4 is 0 Å². The summed E-state index contributed by atoms with van der Waals surface area (Å²) in [5.74, 6) is 4.19. The van der Waals surface area contributed by atoms with Crippen LogP contribution in [-0.4, -0.2) is 13.3 Å². The molecule has 4 aliphatic rings. The lowest BCUT2D eigenvalue weighted by Crippen LogP contribution is -2.56. The third kappa shape index (κ3) is 2.23. The molecule has 0 N–H and O–H groups in total. The number of ether oxygens (including phenoxy) is 1. The SMILES string of the molecule is COC1=CCC2(C)C(CCC3C4CCCC(F)C4(C)CCC32)C1. The van der Waals surface area contributed by atoms with E-state index < -0.39 is 6.17 Å². The van der Waals surface area contributed by atoms with E-state index in [2.05, 4.69) is 19.9 Å². The Morgan fingerprint density at radius 3 is 2.61 bits per heavy atom. The molecule has 130 valence electrons. The van der Waals surface area contributed by atoms with E-state index in [-0.39, 0.29) is 5.41 Å². The molecule has 3 saturated carbocycles. The lowest BCUT2D eigenvalue weighted by Gasteiger charge is -2.62. The zero-order chi connectivity index (χ0) is 16.2. The molecule has 0 saturated heterocycles. The Balaban J connectivity index is 1.63. The van der Waals surface area contributed by atoms with Crippen LogP contribution in [0.2, 0.25) is 0 Å². The molecule has 0 amide bonds. The highest BCUT2D eigenvalue weighted by molar-refractivity contribution is 5.14. The van der Waals surface area contributed by atoms with Crippen molar-refractivity contribution in [1.82, 2.24) is 0 Å². The average molecular weight is 320 g/mol. The van der Waals surface area contributed by atoms with Crippen molar-refractivity contribution < 1.29 is 9.13 Å². The molecule has 2 heteroatoms. The maximum absolute atomic E-state index is 14.8. The van der Waals surface area contributed by atoms with Crippen molar-refractivity contribution in [3.8, 4) is 0 Å². The van der Waals surface area contributed by atoms with Gasteiger partial charge in [-0.3, -0.25) is 0 Å². The maximum atomic E-state index is 14.8. The van der Waals surface area contributed by atoms with Crippen molar-refractivity contribution in [3.63, 3.8) is 0 Å². The van der Waals surface area contributed by atoms with Crippen LogP contribution in [0.1, 0.15) is 71.6 Å². The minimum atomic E-state index is -0.556. The van der Waals surface area contributed by atoms with E-state index in [0.717, 1.165) is 43.4 Å². The Labute approximate surface area is 141 Å². The van der Waals surface area contributed by atoms with Crippen LogP contribution in [0.15, 0.2) is 11.8 Å². The molecule has 0 aromatic heterocycles. The van der Waals surface area contributed by atoms with E-state index in [4.69, 9.17) is 4.74 Å². The van der Waals surface area contributed by atoms with Crippen molar-refractivity contribution in [2.24, 2.45) is 34.5 Å². The largest absolute Gasteiger partial charge is 0.501 e. The molecule has 23 heavy (non-hydrogen) atoms. The van der Waals surface area contributed by atoms with Gasteiger partial charge in [-0.25, -0.2) is 4.39 Å². The first-order valence-corrected chi connectivity index (χ1v) is 9.86. The monoisotopic (exact) mass is 320 g/mol. The molecule has 3 fully saturated rings. The molecular weight excluding hydrogens is 287 g/mol. The van der Waals surface area contributed by atoms with Gasteiger partial charge in [-0.15, -0.1) is 0 Å². The van der Waals surface area contributed by atoms with Crippen LogP contribution < -0.4 is 0 Å². The fourth-order valence-electron chi connectivity index (χ4n) is 7.14. The zero-order valence-electron chi connectivity index (χ0n) is 15.1. The van der Waals surface area contributed by atoms with Crippen LogP contribution >= 0.6 is 0 Å². The first-order chi connectivity index (χ1) is 11.0. The van der Waals surface area contributed by atoms with Crippen LogP contribution in [0, 0.1) is 34.5 Å². The van der Waals surface area contributed by atoms with Gasteiger partial charge >= 0.3 is 0 Å². The summed E-state index contributed by atoms with van der Waals surface area (Å²) in [6.07, 6.45) is 12.3. The van der Waals surface area contributed by atoms with Crippen LogP contribution in [0.25, 0.3) is 0 Å². The highest BCUT2D eigenvalue weighted by Crippen LogP contribution is 2.65. The predicted molar refractivity (Wildman–Crippen MR) is 91.7 cm³/mol. The van der Waals surface area contributed by atoms with Crippen LogP contribution in [0.5, 0.6) is 0 Å². The van der Waals surface area contributed by atoms with E-state index in [0.29, 0.717) is 11.3 Å². The van der Waals surface area contributed by atoms with E-state index in [1.54, 1.807) is 0 Å². The third-order valence-corrected chi connectivity index (χ3v) is 8.67. The second-order valence-corrected chi connectivity index (χ2v) is 9.38. The van der Waals surface area contributed by atoms with Crippen molar-refractivity contribution in [3.05, 3.63) is 11.8 Å². The van der Waals surface area contributed by atoms with Crippen LogP contribution in [0.3, 0.4) is 0 Å². The van der Waals surface area contributed by atoms with Gasteiger partial charge in [0, 0.05) is 11.8 Å². The fraction of sp³-hybridized carbons (Fsp3) is 0.905. The smallest absolute Gasteiger partial charge is 0.106 e. The van der Waals surface area contributed by atoms with Gasteiger partial charge in [0.2, 0.25) is 0 Å². The quantitative estimate of drug-likeness (QED) is 0.584. The highest BCUT2D eigenvalue weighted by atomic mass is 19.1. The topological polar surface area (TPSA) is 9.23 Å². The summed E-state index contributed by atoms with van der Waals surface area (Å²) in [6.45, 7) is 4.81. The molecule has 0 bridgehead atoms. The highest BCUT2D eigenvalue weighted by Gasteiger charge is 2.58. The Kier molecular flexibility index (Phi) is 3.81. The minimum Gasteiger partial charge on any atom is -0.501 e. The number of halogens is 1. The van der Waals surface area contributed by atoms with Crippen LogP contribution in [-0.2, 0) is 4.74 Å². The van der Waals surface area contributed by atoms with E-state index >= 15 is 0 Å². The summed E-state index contributed by atoms with van der Waals surface area (Å²) in [7, 11) is 1.82. The normalized spacial score (nSPS) is 52.7. The summed E-state index contributed by atoms with van der Waals surface area (Å²) >= 11 is 0. The lowest BCUT2D eigenvalue weighted by molar-refractivity contribution is -0.137. The van der Waals surface area contributed by atoms with Crippen molar-refractivity contribution in [2.45, 2.75) is 77.8 Å². The van der Waals surface area contributed by atoms with Gasteiger partial charge in [0.25, 0.3) is 0 Å². The number of methoxy groups -OCH3 is 1. The Bertz CT molecular complexity index is 500. The summed E-state index contributed by atoms with van der Waals surface area (Å²) in [5, 5.41) is 0. The van der Waals surface area contributed by atoms with Crippen molar-refractivity contribution in [2.75, 3.05) is 7.11 Å². The molecule has 0 spiro atoms. The minimum absolute atomic E-state index is 0.0230. The Morgan fingerprint density at radius 2 is 1.83 bits per heavy atom. The lowest BCUT2D eigenvalue weighted by atomic mass is 9.43. The molecule has 0 heterocycles. The van der Waals surface area contributed by atoms with Crippen molar-refractivity contribution in [1.29, 1.82) is 0 Å². The molecular formula is C21H33FO. The number of rotatable bonds is 1. The summed E-state index contributed by atoms with van der Waals surface area (Å²) in [6, 6.07) is 0. The molecule has 4 rings (SSSR count). The molecule has 0 aromatic carbocycles. The predicted octanol–water partition coefficient (Wildman–Crippen LogP) is 5.90. The first-order valence-electron chi connectivity index (χ1n) is 9.86. The number of allylic oxidation sites excluding steroid dienone is 2. The third-order valence-electron chi connectivity index (χ3n) is 8.67. The molecule has 0 aromatic rings. The molecule has 0 radical (unpaired) electrons. The van der Waals surface area contributed by atoms with Gasteiger partial charge in [-0.1, -0.05) is 20.3 Å². The van der Waals surface area contributed by atoms with Gasteiger partial charge in [0.15, 0.2) is 0 Å². The first kappa shape index (κ1) is 16.0. The number of hydrogen-bond donors (Lipinski definition) is 0. The maximum Gasteiger partial charge on any atom is 0.106 e.